The maximum absolute atomic E-state index is 11.0. The number of nitrogens with one attached hydrogen (secondary N) is 1. The highest BCUT2D eigenvalue weighted by Gasteiger charge is 2.29. The summed E-state index contributed by atoms with van der Waals surface area (Å²) >= 11 is 1.65. The molecule has 1 fully saturated rings. The SMILES string of the molecule is Cc1oc(-c2ccccc2)nc1COc1ccc(C[C@@H]2NC(C(=O)O)CS2)cc1. The van der Waals surface area contributed by atoms with E-state index in [0.717, 1.165) is 34.8 Å². The first-order valence-electron chi connectivity index (χ1n) is 9.42. The molecule has 2 atom stereocenters. The van der Waals surface area contributed by atoms with Crippen molar-refractivity contribution in [2.45, 2.75) is 31.4 Å². The zero-order valence-corrected chi connectivity index (χ0v) is 16.8. The Labute approximate surface area is 173 Å². The first-order valence-corrected chi connectivity index (χ1v) is 10.5. The van der Waals surface area contributed by atoms with Crippen LogP contribution in [0.2, 0.25) is 0 Å². The van der Waals surface area contributed by atoms with Gasteiger partial charge < -0.3 is 14.3 Å². The molecule has 0 amide bonds. The summed E-state index contributed by atoms with van der Waals surface area (Å²) in [5.41, 5.74) is 2.85. The fourth-order valence-corrected chi connectivity index (χ4v) is 4.38. The lowest BCUT2D eigenvalue weighted by Crippen LogP contribution is -2.37. The van der Waals surface area contributed by atoms with Gasteiger partial charge in [0.2, 0.25) is 5.89 Å². The molecule has 7 heteroatoms. The highest BCUT2D eigenvalue weighted by atomic mass is 32.2. The van der Waals surface area contributed by atoms with Gasteiger partial charge in [0.1, 0.15) is 29.9 Å². The number of oxazole rings is 1. The maximum Gasteiger partial charge on any atom is 0.321 e. The fraction of sp³-hybridized carbons (Fsp3) is 0.273. The molecule has 150 valence electrons. The molecular formula is C22H22N2O4S. The Morgan fingerprint density at radius 1 is 1.24 bits per heavy atom. The molecule has 1 aliphatic rings. The van der Waals surface area contributed by atoms with Crippen LogP contribution in [0.5, 0.6) is 5.75 Å². The Morgan fingerprint density at radius 2 is 2.00 bits per heavy atom. The van der Waals surface area contributed by atoms with Crippen molar-refractivity contribution >= 4 is 17.7 Å². The van der Waals surface area contributed by atoms with Crippen molar-refractivity contribution in [3.8, 4) is 17.2 Å². The van der Waals surface area contributed by atoms with Gasteiger partial charge in [-0.2, -0.15) is 0 Å². The number of thioether (sulfide) groups is 1. The molecule has 2 aromatic carbocycles. The van der Waals surface area contributed by atoms with Crippen molar-refractivity contribution < 1.29 is 19.1 Å². The van der Waals surface area contributed by atoms with E-state index >= 15 is 0 Å². The Morgan fingerprint density at radius 3 is 2.69 bits per heavy atom. The van der Waals surface area contributed by atoms with Crippen molar-refractivity contribution in [1.82, 2.24) is 10.3 Å². The van der Waals surface area contributed by atoms with Gasteiger partial charge in [0.15, 0.2) is 0 Å². The average molecular weight is 410 g/mol. The quantitative estimate of drug-likeness (QED) is 0.611. The van der Waals surface area contributed by atoms with Crippen molar-refractivity contribution in [3.63, 3.8) is 0 Å². The van der Waals surface area contributed by atoms with Crippen LogP contribution in [0.15, 0.2) is 59.0 Å². The number of ether oxygens (including phenoxy) is 1. The van der Waals surface area contributed by atoms with Crippen LogP contribution in [-0.2, 0) is 17.8 Å². The molecule has 29 heavy (non-hydrogen) atoms. The summed E-state index contributed by atoms with van der Waals surface area (Å²) in [6.45, 7) is 2.22. The summed E-state index contributed by atoms with van der Waals surface area (Å²) in [7, 11) is 0. The van der Waals surface area contributed by atoms with Crippen LogP contribution in [0.25, 0.3) is 11.5 Å². The lowest BCUT2D eigenvalue weighted by molar-refractivity contribution is -0.138. The monoisotopic (exact) mass is 410 g/mol. The van der Waals surface area contributed by atoms with Crippen molar-refractivity contribution in [2.75, 3.05) is 5.75 Å². The van der Waals surface area contributed by atoms with E-state index in [9.17, 15) is 4.79 Å². The van der Waals surface area contributed by atoms with E-state index in [-0.39, 0.29) is 5.37 Å². The first-order chi connectivity index (χ1) is 14.1. The van der Waals surface area contributed by atoms with Gasteiger partial charge in [-0.3, -0.25) is 10.1 Å². The van der Waals surface area contributed by atoms with Gasteiger partial charge in [0.05, 0.1) is 5.37 Å². The highest BCUT2D eigenvalue weighted by molar-refractivity contribution is 8.00. The number of aryl methyl sites for hydroxylation is 1. The fourth-order valence-electron chi connectivity index (χ4n) is 3.15. The molecule has 0 saturated carbocycles. The van der Waals surface area contributed by atoms with Crippen molar-refractivity contribution in [3.05, 3.63) is 71.6 Å². The number of carboxylic acid groups (broad SMARTS) is 1. The number of aliphatic carboxylic acids is 1. The molecule has 3 aromatic rings. The zero-order valence-electron chi connectivity index (χ0n) is 16.0. The molecule has 0 radical (unpaired) electrons. The van der Waals surface area contributed by atoms with Crippen LogP contribution in [-0.4, -0.2) is 33.2 Å². The van der Waals surface area contributed by atoms with Gasteiger partial charge in [-0.15, -0.1) is 11.8 Å². The Hall–Kier alpha value is -2.77. The Kier molecular flexibility index (Phi) is 5.87. The average Bonchev–Trinajstić information content (AvgIpc) is 3.35. The second-order valence-electron chi connectivity index (χ2n) is 6.90. The van der Waals surface area contributed by atoms with Crippen LogP contribution in [0.4, 0.5) is 0 Å². The summed E-state index contributed by atoms with van der Waals surface area (Å²) in [5.74, 6) is 1.91. The van der Waals surface area contributed by atoms with E-state index in [2.05, 4.69) is 10.3 Å². The van der Waals surface area contributed by atoms with Crippen LogP contribution in [0.3, 0.4) is 0 Å². The molecule has 2 N–H and O–H groups in total. The maximum atomic E-state index is 11.0. The molecule has 2 heterocycles. The summed E-state index contributed by atoms with van der Waals surface area (Å²) < 4.78 is 11.6. The van der Waals surface area contributed by atoms with Crippen LogP contribution < -0.4 is 10.1 Å². The molecule has 0 spiro atoms. The van der Waals surface area contributed by atoms with Crippen molar-refractivity contribution in [1.29, 1.82) is 0 Å². The Balaban J connectivity index is 1.33. The predicted molar refractivity (Wildman–Crippen MR) is 112 cm³/mol. The number of aromatic nitrogens is 1. The van der Waals surface area contributed by atoms with E-state index in [0.29, 0.717) is 18.3 Å². The van der Waals surface area contributed by atoms with Gasteiger partial charge >= 0.3 is 5.97 Å². The van der Waals surface area contributed by atoms with Gasteiger partial charge in [-0.05, 0) is 43.2 Å². The normalized spacial score (nSPS) is 18.7. The molecular weight excluding hydrogens is 388 g/mol. The smallest absolute Gasteiger partial charge is 0.321 e. The number of rotatable bonds is 7. The zero-order chi connectivity index (χ0) is 20.2. The summed E-state index contributed by atoms with van der Waals surface area (Å²) in [6, 6.07) is 17.2. The molecule has 1 aliphatic heterocycles. The number of hydrogen-bond acceptors (Lipinski definition) is 6. The second kappa shape index (κ2) is 8.71. The number of benzene rings is 2. The van der Waals surface area contributed by atoms with Gasteiger partial charge in [0, 0.05) is 11.3 Å². The number of hydrogen-bond donors (Lipinski definition) is 2. The summed E-state index contributed by atoms with van der Waals surface area (Å²) in [5, 5.41) is 12.3. The van der Waals surface area contributed by atoms with Crippen LogP contribution in [0, 0.1) is 6.92 Å². The third-order valence-electron chi connectivity index (χ3n) is 4.78. The van der Waals surface area contributed by atoms with Crippen LogP contribution >= 0.6 is 11.8 Å². The summed E-state index contributed by atoms with van der Waals surface area (Å²) in [4.78, 5) is 15.6. The largest absolute Gasteiger partial charge is 0.487 e. The number of carbonyl (C=O) groups is 1. The van der Waals surface area contributed by atoms with Gasteiger partial charge in [0.25, 0.3) is 0 Å². The number of nitrogens with zero attached hydrogens (tertiary/aromatic N) is 1. The minimum Gasteiger partial charge on any atom is -0.487 e. The molecule has 6 nitrogen and oxygen atoms in total. The predicted octanol–water partition coefficient (Wildman–Crippen LogP) is 3.89. The van der Waals surface area contributed by atoms with Gasteiger partial charge in [-0.1, -0.05) is 30.3 Å². The standard InChI is InChI=1S/C22H22N2O4S/c1-14-18(24-21(28-14)16-5-3-2-4-6-16)12-27-17-9-7-15(8-10-17)11-20-23-19(13-29-20)22(25)26/h2-10,19-20,23H,11-13H2,1H3,(H,25,26)/t19?,20-/m1/s1. The number of carboxylic acids is 1. The summed E-state index contributed by atoms with van der Waals surface area (Å²) in [6.07, 6.45) is 0.775. The first kappa shape index (κ1) is 19.5. The van der Waals surface area contributed by atoms with Crippen molar-refractivity contribution in [2.24, 2.45) is 0 Å². The van der Waals surface area contributed by atoms with Gasteiger partial charge in [-0.25, -0.2) is 4.98 Å². The van der Waals surface area contributed by atoms with E-state index in [4.69, 9.17) is 14.3 Å². The molecule has 1 saturated heterocycles. The molecule has 1 unspecified atom stereocenters. The lowest BCUT2D eigenvalue weighted by atomic mass is 10.1. The third kappa shape index (κ3) is 4.81. The molecule has 0 aliphatic carbocycles. The second-order valence-corrected chi connectivity index (χ2v) is 8.14. The minimum absolute atomic E-state index is 0.122. The van der Waals surface area contributed by atoms with E-state index in [1.54, 1.807) is 11.8 Å². The topological polar surface area (TPSA) is 84.6 Å². The van der Waals surface area contributed by atoms with Crippen LogP contribution in [0.1, 0.15) is 17.0 Å². The lowest BCUT2D eigenvalue weighted by Gasteiger charge is -2.11. The highest BCUT2D eigenvalue weighted by Crippen LogP contribution is 2.25. The Bertz CT molecular complexity index is 972. The van der Waals surface area contributed by atoms with E-state index in [1.807, 2.05) is 61.5 Å². The minimum atomic E-state index is -0.790. The molecule has 1 aromatic heterocycles. The molecule has 4 rings (SSSR count). The third-order valence-corrected chi connectivity index (χ3v) is 6.01. The molecule has 0 bridgehead atoms. The van der Waals surface area contributed by atoms with E-state index < -0.39 is 12.0 Å². The van der Waals surface area contributed by atoms with E-state index in [1.165, 1.54) is 0 Å².